The van der Waals surface area contributed by atoms with Crippen molar-refractivity contribution in [2.24, 2.45) is 5.16 Å². The fourth-order valence-electron chi connectivity index (χ4n) is 2.03. The molecule has 0 spiro atoms. The Morgan fingerprint density at radius 2 is 1.74 bits per heavy atom. The van der Waals surface area contributed by atoms with Crippen molar-refractivity contribution in [3.63, 3.8) is 0 Å². The second-order valence-electron chi connectivity index (χ2n) is 4.23. The largest absolute Gasteiger partial charge is 0.496 e. The minimum absolute atomic E-state index is 0.640. The van der Waals surface area contributed by atoms with E-state index in [4.69, 9.17) is 4.74 Å². The molecular weight excluding hydrogens is 238 g/mol. The Bertz CT molecular complexity index is 550. The SMILES string of the molecule is COc1ccccc1/C(CCc1ccccc1)=N\O. The number of oxime groups is 1. The topological polar surface area (TPSA) is 41.8 Å². The number of ether oxygens (including phenoxy) is 1. The van der Waals surface area contributed by atoms with Gasteiger partial charge in [0.15, 0.2) is 0 Å². The molecule has 0 unspecified atom stereocenters. The molecule has 19 heavy (non-hydrogen) atoms. The Morgan fingerprint density at radius 1 is 1.05 bits per heavy atom. The lowest BCUT2D eigenvalue weighted by molar-refractivity contribution is 0.317. The molecule has 0 aliphatic heterocycles. The van der Waals surface area contributed by atoms with Crippen LogP contribution in [0.4, 0.5) is 0 Å². The van der Waals surface area contributed by atoms with Crippen LogP contribution in [0, 0.1) is 0 Å². The monoisotopic (exact) mass is 255 g/mol. The molecule has 0 aliphatic carbocycles. The van der Waals surface area contributed by atoms with Crippen molar-refractivity contribution in [2.75, 3.05) is 7.11 Å². The van der Waals surface area contributed by atoms with Crippen molar-refractivity contribution < 1.29 is 9.94 Å². The van der Waals surface area contributed by atoms with Gasteiger partial charge in [0.25, 0.3) is 0 Å². The lowest BCUT2D eigenvalue weighted by Gasteiger charge is -2.09. The number of hydrogen-bond donors (Lipinski definition) is 1. The molecule has 1 N–H and O–H groups in total. The van der Waals surface area contributed by atoms with Gasteiger partial charge in [-0.25, -0.2) is 0 Å². The summed E-state index contributed by atoms with van der Waals surface area (Å²) in [7, 11) is 1.62. The van der Waals surface area contributed by atoms with Gasteiger partial charge in [0.2, 0.25) is 0 Å². The summed E-state index contributed by atoms with van der Waals surface area (Å²) in [6, 6.07) is 17.7. The van der Waals surface area contributed by atoms with Crippen LogP contribution in [-0.4, -0.2) is 18.0 Å². The number of rotatable bonds is 5. The minimum Gasteiger partial charge on any atom is -0.496 e. The van der Waals surface area contributed by atoms with E-state index >= 15 is 0 Å². The van der Waals surface area contributed by atoms with Crippen LogP contribution >= 0.6 is 0 Å². The molecule has 0 fully saturated rings. The van der Waals surface area contributed by atoms with Crippen LogP contribution in [0.15, 0.2) is 59.8 Å². The first-order chi connectivity index (χ1) is 9.35. The predicted octanol–water partition coefficient (Wildman–Crippen LogP) is 3.51. The molecule has 2 aromatic rings. The van der Waals surface area contributed by atoms with E-state index < -0.39 is 0 Å². The average molecular weight is 255 g/mol. The maximum Gasteiger partial charge on any atom is 0.128 e. The first kappa shape index (κ1) is 13.1. The Kier molecular flexibility index (Phi) is 4.56. The first-order valence-corrected chi connectivity index (χ1v) is 6.23. The summed E-state index contributed by atoms with van der Waals surface area (Å²) in [5.41, 5.74) is 2.70. The molecule has 3 heteroatoms. The number of methoxy groups -OCH3 is 1. The molecular formula is C16H17NO2. The fraction of sp³-hybridized carbons (Fsp3) is 0.188. The Labute approximate surface area is 113 Å². The third-order valence-electron chi connectivity index (χ3n) is 3.03. The molecule has 3 nitrogen and oxygen atoms in total. The summed E-state index contributed by atoms with van der Waals surface area (Å²) in [5.74, 6) is 0.725. The van der Waals surface area contributed by atoms with E-state index in [2.05, 4.69) is 17.3 Å². The van der Waals surface area contributed by atoms with Gasteiger partial charge in [-0.05, 0) is 30.5 Å². The molecule has 0 heterocycles. The van der Waals surface area contributed by atoms with Crippen LogP contribution in [0.25, 0.3) is 0 Å². The molecule has 98 valence electrons. The summed E-state index contributed by atoms with van der Waals surface area (Å²) in [5, 5.41) is 12.6. The van der Waals surface area contributed by atoms with Crippen LogP contribution in [-0.2, 0) is 6.42 Å². The number of nitrogens with zero attached hydrogens (tertiary/aromatic N) is 1. The Morgan fingerprint density at radius 3 is 2.42 bits per heavy atom. The molecule has 2 aromatic carbocycles. The van der Waals surface area contributed by atoms with Crippen molar-refractivity contribution in [3.8, 4) is 5.75 Å². The van der Waals surface area contributed by atoms with Crippen molar-refractivity contribution in [1.82, 2.24) is 0 Å². The van der Waals surface area contributed by atoms with Crippen molar-refractivity contribution >= 4 is 5.71 Å². The van der Waals surface area contributed by atoms with Crippen molar-refractivity contribution in [3.05, 3.63) is 65.7 Å². The molecule has 0 saturated carbocycles. The van der Waals surface area contributed by atoms with Gasteiger partial charge in [-0.15, -0.1) is 0 Å². The predicted molar refractivity (Wildman–Crippen MR) is 76.1 cm³/mol. The molecule has 0 saturated heterocycles. The third-order valence-corrected chi connectivity index (χ3v) is 3.03. The maximum absolute atomic E-state index is 9.21. The summed E-state index contributed by atoms with van der Waals surface area (Å²) >= 11 is 0. The molecule has 2 rings (SSSR count). The van der Waals surface area contributed by atoms with Crippen LogP contribution in [0.2, 0.25) is 0 Å². The lowest BCUT2D eigenvalue weighted by atomic mass is 10.0. The van der Waals surface area contributed by atoms with Crippen LogP contribution in [0.3, 0.4) is 0 Å². The van der Waals surface area contributed by atoms with E-state index in [0.29, 0.717) is 12.1 Å². The average Bonchev–Trinajstić information content (AvgIpc) is 2.49. The highest BCUT2D eigenvalue weighted by atomic mass is 16.5. The molecule has 0 aliphatic rings. The van der Waals surface area contributed by atoms with Crippen LogP contribution < -0.4 is 4.74 Å². The number of benzene rings is 2. The zero-order valence-corrected chi connectivity index (χ0v) is 10.9. The van der Waals surface area contributed by atoms with Crippen LogP contribution in [0.5, 0.6) is 5.75 Å². The van der Waals surface area contributed by atoms with Gasteiger partial charge in [0.05, 0.1) is 12.8 Å². The van der Waals surface area contributed by atoms with Gasteiger partial charge in [0.1, 0.15) is 5.75 Å². The zero-order chi connectivity index (χ0) is 13.5. The summed E-state index contributed by atoms with van der Waals surface area (Å²) in [6.07, 6.45) is 1.50. The second-order valence-corrected chi connectivity index (χ2v) is 4.23. The summed E-state index contributed by atoms with van der Waals surface area (Å²) in [4.78, 5) is 0. The molecule has 0 amide bonds. The van der Waals surface area contributed by atoms with E-state index in [-0.39, 0.29) is 0 Å². The standard InChI is InChI=1S/C16H17NO2/c1-19-16-10-6-5-9-14(16)15(17-18)12-11-13-7-3-2-4-8-13/h2-10,18H,11-12H2,1H3/b17-15-. The van der Waals surface area contributed by atoms with E-state index in [9.17, 15) is 5.21 Å². The van der Waals surface area contributed by atoms with Gasteiger partial charge in [-0.2, -0.15) is 0 Å². The third kappa shape index (κ3) is 3.35. The Balaban J connectivity index is 2.13. The highest BCUT2D eigenvalue weighted by molar-refractivity contribution is 6.02. The summed E-state index contributed by atoms with van der Waals surface area (Å²) in [6.45, 7) is 0. The highest BCUT2D eigenvalue weighted by Gasteiger charge is 2.10. The van der Waals surface area contributed by atoms with Gasteiger partial charge < -0.3 is 9.94 Å². The lowest BCUT2D eigenvalue weighted by Crippen LogP contribution is -2.05. The van der Waals surface area contributed by atoms with Gasteiger partial charge in [0, 0.05) is 5.56 Å². The molecule has 0 aromatic heterocycles. The first-order valence-electron chi connectivity index (χ1n) is 6.23. The van der Waals surface area contributed by atoms with Gasteiger partial charge >= 0.3 is 0 Å². The molecule has 0 bridgehead atoms. The van der Waals surface area contributed by atoms with E-state index in [1.54, 1.807) is 7.11 Å². The normalized spacial score (nSPS) is 11.3. The van der Waals surface area contributed by atoms with Gasteiger partial charge in [-0.3, -0.25) is 0 Å². The Hall–Kier alpha value is -2.29. The van der Waals surface area contributed by atoms with E-state index in [1.165, 1.54) is 5.56 Å². The van der Waals surface area contributed by atoms with E-state index in [1.807, 2.05) is 42.5 Å². The fourth-order valence-corrected chi connectivity index (χ4v) is 2.03. The van der Waals surface area contributed by atoms with E-state index in [0.717, 1.165) is 17.7 Å². The van der Waals surface area contributed by atoms with Crippen LogP contribution in [0.1, 0.15) is 17.5 Å². The van der Waals surface area contributed by atoms with Crippen molar-refractivity contribution in [2.45, 2.75) is 12.8 Å². The molecule has 0 radical (unpaired) electrons. The number of para-hydroxylation sites is 1. The molecule has 0 atom stereocenters. The zero-order valence-electron chi connectivity index (χ0n) is 10.9. The highest BCUT2D eigenvalue weighted by Crippen LogP contribution is 2.20. The second kappa shape index (κ2) is 6.59. The maximum atomic E-state index is 9.21. The van der Waals surface area contributed by atoms with Crippen molar-refractivity contribution in [1.29, 1.82) is 0 Å². The quantitative estimate of drug-likeness (QED) is 0.504. The summed E-state index contributed by atoms with van der Waals surface area (Å²) < 4.78 is 5.29. The number of hydrogen-bond acceptors (Lipinski definition) is 3. The van der Waals surface area contributed by atoms with Gasteiger partial charge in [-0.1, -0.05) is 47.6 Å². The number of aryl methyl sites for hydroxylation is 1. The minimum atomic E-state index is 0.640. The smallest absolute Gasteiger partial charge is 0.128 e.